The number of anilines is 1. The summed E-state index contributed by atoms with van der Waals surface area (Å²) in [7, 11) is 0. The van der Waals surface area contributed by atoms with E-state index in [0.717, 1.165) is 29.8 Å². The third kappa shape index (κ3) is 2.64. The molecule has 0 aliphatic heterocycles. The van der Waals surface area contributed by atoms with E-state index in [1.807, 2.05) is 0 Å². The highest BCUT2D eigenvalue weighted by Crippen LogP contribution is 2.31. The molecule has 0 fully saturated rings. The summed E-state index contributed by atoms with van der Waals surface area (Å²) in [6.07, 6.45) is 1.09. The largest absolute Gasteiger partial charge is 0.396 e. The van der Waals surface area contributed by atoms with E-state index in [1.54, 1.807) is 0 Å². The maximum atomic E-state index is 14.4. The minimum absolute atomic E-state index is 0.00882. The zero-order chi connectivity index (χ0) is 19.3. The number of Topliss-reactive ketones (excluding diaryl/α,β-unsaturated/α-hetero) is 1. The highest BCUT2D eigenvalue weighted by atomic mass is 35.5. The van der Waals surface area contributed by atoms with Crippen molar-refractivity contribution in [1.29, 1.82) is 0 Å². The van der Waals surface area contributed by atoms with Crippen LogP contribution in [0.5, 0.6) is 0 Å². The third-order valence-electron chi connectivity index (χ3n) is 4.11. The summed E-state index contributed by atoms with van der Waals surface area (Å²) in [6.45, 7) is 2.54. The number of carbonyl (C=O) groups is 1. The Morgan fingerprint density at radius 3 is 2.38 bits per heavy atom. The molecule has 134 valence electrons. The number of ketones is 1. The Morgan fingerprint density at radius 2 is 1.77 bits per heavy atom. The molecule has 0 aliphatic carbocycles. The van der Waals surface area contributed by atoms with E-state index in [4.69, 9.17) is 17.3 Å². The number of pyridine rings is 1. The van der Waals surface area contributed by atoms with Crippen LogP contribution >= 0.6 is 11.6 Å². The van der Waals surface area contributed by atoms with Crippen molar-refractivity contribution < 1.29 is 18.0 Å². The van der Waals surface area contributed by atoms with Crippen molar-refractivity contribution >= 4 is 34.0 Å². The summed E-state index contributed by atoms with van der Waals surface area (Å²) in [5.74, 6) is -3.30. The molecule has 0 bridgehead atoms. The number of rotatable bonds is 2. The summed E-state index contributed by atoms with van der Waals surface area (Å²) in [5, 5.41) is -0.331. The second-order valence-corrected chi connectivity index (χ2v) is 6.19. The smallest absolute Gasteiger partial charge is 0.200 e. The van der Waals surface area contributed by atoms with Gasteiger partial charge in [-0.25, -0.2) is 13.2 Å². The lowest BCUT2D eigenvalue weighted by molar-refractivity contribution is 0.101. The molecule has 26 heavy (non-hydrogen) atoms. The third-order valence-corrected chi connectivity index (χ3v) is 4.58. The lowest BCUT2D eigenvalue weighted by Crippen LogP contribution is -2.18. The van der Waals surface area contributed by atoms with Gasteiger partial charge in [0, 0.05) is 17.8 Å². The van der Waals surface area contributed by atoms with Gasteiger partial charge < -0.3 is 10.3 Å². The molecule has 2 N–H and O–H groups in total. The predicted octanol–water partition coefficient (Wildman–Crippen LogP) is 4.15. The van der Waals surface area contributed by atoms with Gasteiger partial charge in [0.25, 0.3) is 0 Å². The van der Waals surface area contributed by atoms with Crippen LogP contribution < -0.4 is 11.2 Å². The molecule has 4 nitrogen and oxygen atoms in total. The molecule has 3 rings (SSSR count). The van der Waals surface area contributed by atoms with Crippen LogP contribution in [0.25, 0.3) is 16.6 Å². The number of nitrogen functional groups attached to an aromatic ring is 1. The normalized spacial score (nSPS) is 11.2. The van der Waals surface area contributed by atoms with Crippen LogP contribution in [0, 0.1) is 24.4 Å². The van der Waals surface area contributed by atoms with Gasteiger partial charge in [0.2, 0.25) is 0 Å². The van der Waals surface area contributed by atoms with E-state index in [9.17, 15) is 22.8 Å². The van der Waals surface area contributed by atoms with Crippen molar-refractivity contribution in [2.24, 2.45) is 0 Å². The number of fused-ring (bicyclic) bond motifs is 1. The van der Waals surface area contributed by atoms with Crippen molar-refractivity contribution in [2.45, 2.75) is 13.8 Å². The number of nitrogens with zero attached hydrogens (tertiary/aromatic N) is 1. The Labute approximate surface area is 150 Å². The quantitative estimate of drug-likeness (QED) is 0.536. The Kier molecular flexibility index (Phi) is 4.28. The number of hydrogen-bond acceptors (Lipinski definition) is 3. The molecule has 0 spiro atoms. The van der Waals surface area contributed by atoms with Gasteiger partial charge >= 0.3 is 0 Å². The first-order valence-electron chi connectivity index (χ1n) is 7.43. The zero-order valence-electron chi connectivity index (χ0n) is 13.7. The molecule has 2 aromatic carbocycles. The summed E-state index contributed by atoms with van der Waals surface area (Å²) in [5.41, 5.74) is 3.94. The van der Waals surface area contributed by atoms with Gasteiger partial charge in [-0.15, -0.1) is 0 Å². The number of carbonyl (C=O) groups excluding carboxylic acids is 1. The average Bonchev–Trinajstić information content (AvgIpc) is 2.57. The van der Waals surface area contributed by atoms with Gasteiger partial charge in [0.1, 0.15) is 17.5 Å². The van der Waals surface area contributed by atoms with E-state index in [-0.39, 0.29) is 38.4 Å². The molecule has 0 unspecified atom stereocenters. The van der Waals surface area contributed by atoms with E-state index in [2.05, 4.69) is 0 Å². The summed E-state index contributed by atoms with van der Waals surface area (Å²) in [4.78, 5) is 24.4. The van der Waals surface area contributed by atoms with Crippen molar-refractivity contribution in [3.05, 3.63) is 68.2 Å². The number of nitrogens with two attached hydrogens (primary N) is 1. The van der Waals surface area contributed by atoms with Gasteiger partial charge in [-0.2, -0.15) is 0 Å². The molecular weight excluding hydrogens is 369 g/mol. The van der Waals surface area contributed by atoms with Crippen LogP contribution in [0.1, 0.15) is 22.8 Å². The monoisotopic (exact) mass is 380 g/mol. The fourth-order valence-corrected chi connectivity index (χ4v) is 2.97. The van der Waals surface area contributed by atoms with E-state index in [1.165, 1.54) is 6.92 Å². The van der Waals surface area contributed by atoms with E-state index < -0.39 is 28.7 Å². The molecule has 1 heterocycles. The highest BCUT2D eigenvalue weighted by Gasteiger charge is 2.21. The average molecular weight is 381 g/mol. The second-order valence-electron chi connectivity index (χ2n) is 5.82. The first kappa shape index (κ1) is 18.0. The predicted molar refractivity (Wildman–Crippen MR) is 93.6 cm³/mol. The molecule has 3 aromatic rings. The lowest BCUT2D eigenvalue weighted by Gasteiger charge is -2.17. The van der Waals surface area contributed by atoms with Crippen LogP contribution in [0.2, 0.25) is 5.02 Å². The van der Waals surface area contributed by atoms with Gasteiger partial charge in [-0.1, -0.05) is 11.6 Å². The molecule has 0 amide bonds. The molecule has 0 aliphatic rings. The summed E-state index contributed by atoms with van der Waals surface area (Å²) >= 11 is 6.20. The van der Waals surface area contributed by atoms with Crippen LogP contribution in [0.4, 0.5) is 18.9 Å². The number of halogens is 4. The van der Waals surface area contributed by atoms with E-state index >= 15 is 0 Å². The first-order chi connectivity index (χ1) is 12.1. The van der Waals surface area contributed by atoms with Gasteiger partial charge in [-0.3, -0.25) is 9.59 Å². The molecule has 0 saturated heterocycles. The van der Waals surface area contributed by atoms with Crippen molar-refractivity contribution in [3.8, 4) is 5.69 Å². The minimum atomic E-state index is -0.991. The maximum Gasteiger partial charge on any atom is 0.200 e. The maximum absolute atomic E-state index is 14.4. The topological polar surface area (TPSA) is 65.1 Å². The minimum Gasteiger partial charge on any atom is -0.396 e. The van der Waals surface area contributed by atoms with E-state index in [0.29, 0.717) is 6.07 Å². The molecule has 0 radical (unpaired) electrons. The summed E-state index contributed by atoms with van der Waals surface area (Å²) < 4.78 is 43.1. The Hall–Kier alpha value is -2.80. The molecule has 0 saturated carbocycles. The second kappa shape index (κ2) is 6.17. The molecule has 1 aromatic heterocycles. The molecule has 8 heteroatoms. The molecule has 0 atom stereocenters. The highest BCUT2D eigenvalue weighted by molar-refractivity contribution is 6.36. The van der Waals surface area contributed by atoms with Crippen molar-refractivity contribution in [2.75, 3.05) is 5.73 Å². The zero-order valence-corrected chi connectivity index (χ0v) is 14.4. The number of hydrogen-bond donors (Lipinski definition) is 1. The SMILES string of the molecule is CC(=O)c1cn(-c2cc(N)c(F)cc2F)c2c(Cl)c(C)c(F)cc2c1=O. The van der Waals surface area contributed by atoms with Gasteiger partial charge in [0.05, 0.1) is 32.9 Å². The first-order valence-corrected chi connectivity index (χ1v) is 7.81. The Morgan fingerprint density at radius 1 is 1.12 bits per heavy atom. The van der Waals surface area contributed by atoms with Gasteiger partial charge in [0.15, 0.2) is 11.2 Å². The van der Waals surface area contributed by atoms with Crippen LogP contribution in [-0.4, -0.2) is 10.4 Å². The van der Waals surface area contributed by atoms with Crippen LogP contribution in [-0.2, 0) is 0 Å². The van der Waals surface area contributed by atoms with Crippen molar-refractivity contribution in [1.82, 2.24) is 4.57 Å². The number of aromatic nitrogens is 1. The number of benzene rings is 2. The lowest BCUT2D eigenvalue weighted by atomic mass is 10.1. The van der Waals surface area contributed by atoms with Crippen LogP contribution in [0.15, 0.2) is 29.2 Å². The standard InChI is InChI=1S/C18H12ClF3N2O2/c1-7-11(20)3-9-17(16(7)19)24(6-10(8(2)25)18(9)26)15-5-14(23)12(21)4-13(15)22/h3-6H,23H2,1-2H3. The fraction of sp³-hybridized carbons (Fsp3) is 0.111. The summed E-state index contributed by atoms with van der Waals surface area (Å²) in [6, 6.07) is 2.52. The fourth-order valence-electron chi connectivity index (χ4n) is 2.69. The van der Waals surface area contributed by atoms with Crippen LogP contribution in [0.3, 0.4) is 0 Å². The Bertz CT molecular complexity index is 1160. The van der Waals surface area contributed by atoms with Gasteiger partial charge in [-0.05, 0) is 26.0 Å². The molecular formula is C18H12ClF3N2O2. The Balaban J connectivity index is 2.59. The van der Waals surface area contributed by atoms with Crippen molar-refractivity contribution in [3.63, 3.8) is 0 Å².